The van der Waals surface area contributed by atoms with E-state index in [9.17, 15) is 35.9 Å². The summed E-state index contributed by atoms with van der Waals surface area (Å²) >= 11 is 0. The summed E-state index contributed by atoms with van der Waals surface area (Å²) in [6.07, 6.45) is -9.29. The number of aromatic nitrogens is 1. The van der Waals surface area contributed by atoms with Gasteiger partial charge < -0.3 is 25.3 Å². The number of alkyl halides is 6. The molecule has 2 amide bonds. The van der Waals surface area contributed by atoms with E-state index in [0.717, 1.165) is 18.3 Å². The van der Waals surface area contributed by atoms with Crippen molar-refractivity contribution in [1.29, 1.82) is 0 Å². The number of carbonyl (C=O) groups is 2. The van der Waals surface area contributed by atoms with Gasteiger partial charge in [-0.3, -0.25) is 14.6 Å². The van der Waals surface area contributed by atoms with Gasteiger partial charge in [-0.2, -0.15) is 13.2 Å². The maximum absolute atomic E-state index is 15.2. The minimum atomic E-state index is -5.26. The summed E-state index contributed by atoms with van der Waals surface area (Å²) in [4.78, 5) is 28.3. The van der Waals surface area contributed by atoms with Crippen LogP contribution in [0.3, 0.4) is 0 Å². The number of pyridine rings is 1. The molecule has 0 spiro atoms. The Balaban J connectivity index is 2.14. The molecule has 3 rings (SSSR count). The first-order valence-corrected chi connectivity index (χ1v) is 10.9. The summed E-state index contributed by atoms with van der Waals surface area (Å²) in [7, 11) is 16.0. The van der Waals surface area contributed by atoms with Crippen LogP contribution in [0.15, 0.2) is 42.6 Å². The Morgan fingerprint density at radius 1 is 0.927 bits per heavy atom. The molecule has 6 radical (unpaired) electrons. The van der Waals surface area contributed by atoms with E-state index in [1.165, 1.54) is 6.92 Å². The fourth-order valence-electron chi connectivity index (χ4n) is 3.21. The van der Waals surface area contributed by atoms with Crippen molar-refractivity contribution in [2.75, 3.05) is 5.32 Å². The molecule has 1 aromatic heterocycles. The van der Waals surface area contributed by atoms with E-state index >= 15 is 4.39 Å². The molecule has 8 nitrogen and oxygen atoms in total. The Kier molecular flexibility index (Phi) is 8.55. The van der Waals surface area contributed by atoms with Crippen LogP contribution in [0.5, 0.6) is 23.0 Å². The molecule has 0 saturated heterocycles. The highest BCUT2D eigenvalue weighted by Crippen LogP contribution is 2.41. The molecular weight excluding hydrogens is 564 g/mol. The van der Waals surface area contributed by atoms with Crippen LogP contribution >= 0.6 is 0 Å². The van der Waals surface area contributed by atoms with Gasteiger partial charge in [-0.15, -0.1) is 13.2 Å². The van der Waals surface area contributed by atoms with Gasteiger partial charge in [0.1, 0.15) is 46.3 Å². The lowest BCUT2D eigenvalue weighted by molar-refractivity contribution is -0.274. The van der Waals surface area contributed by atoms with Crippen LogP contribution in [0.2, 0.25) is 0 Å². The summed E-state index contributed by atoms with van der Waals surface area (Å²) in [5.74, 6) is -7.65. The predicted octanol–water partition coefficient (Wildman–Crippen LogP) is 4.09. The molecule has 0 aliphatic carbocycles. The number of hydrogen-bond acceptors (Lipinski definition) is 6. The van der Waals surface area contributed by atoms with Crippen LogP contribution in [-0.4, -0.2) is 52.0 Å². The Labute approximate surface area is 230 Å². The maximum atomic E-state index is 15.2. The van der Waals surface area contributed by atoms with Gasteiger partial charge in [-0.1, -0.05) is 0 Å². The van der Waals surface area contributed by atoms with E-state index < -0.39 is 69.6 Å². The molecule has 0 unspecified atom stereocenters. The highest BCUT2D eigenvalue weighted by Gasteiger charge is 2.38. The van der Waals surface area contributed by atoms with E-state index in [2.05, 4.69) is 15.0 Å². The number of carbonyl (C=O) groups excluding carboxylic acids is 2. The zero-order valence-corrected chi connectivity index (χ0v) is 20.5. The van der Waals surface area contributed by atoms with Crippen molar-refractivity contribution in [1.82, 2.24) is 4.98 Å². The van der Waals surface area contributed by atoms with Gasteiger partial charge in [0.25, 0.3) is 11.8 Å². The Hall–Kier alpha value is -4.37. The predicted molar refractivity (Wildman–Crippen MR) is 131 cm³/mol. The average Bonchev–Trinajstić information content (AvgIpc) is 2.79. The van der Waals surface area contributed by atoms with Crippen molar-refractivity contribution in [3.63, 3.8) is 0 Å². The van der Waals surface area contributed by atoms with E-state index in [1.54, 1.807) is 0 Å². The Bertz CT molecular complexity index is 1500. The molecule has 0 aliphatic heterocycles. The quantitative estimate of drug-likeness (QED) is 0.309. The molecule has 18 heteroatoms. The number of anilines is 1. The van der Waals surface area contributed by atoms with Crippen LogP contribution in [0, 0.1) is 12.7 Å². The fraction of sp³-hybridized carbons (Fsp3) is 0.174. The molecule has 41 heavy (non-hydrogen) atoms. The lowest BCUT2D eigenvalue weighted by Gasteiger charge is -2.25. The lowest BCUT2D eigenvalue weighted by atomic mass is 9.52. The molecule has 2 aromatic carbocycles. The molecule has 0 fully saturated rings. The van der Waals surface area contributed by atoms with Crippen LogP contribution in [0.25, 0.3) is 0 Å². The zero-order chi connectivity index (χ0) is 30.9. The third-order valence-corrected chi connectivity index (χ3v) is 4.90. The molecule has 0 atom stereocenters. The van der Waals surface area contributed by atoms with Crippen LogP contribution in [0.1, 0.15) is 32.0 Å². The van der Waals surface area contributed by atoms with Crippen molar-refractivity contribution in [2.24, 2.45) is 5.73 Å². The van der Waals surface area contributed by atoms with Crippen LogP contribution < -0.4 is 25.3 Å². The first-order valence-electron chi connectivity index (χ1n) is 10.9. The summed E-state index contributed by atoms with van der Waals surface area (Å²) in [6, 6.07) is 3.86. The van der Waals surface area contributed by atoms with Gasteiger partial charge in [0.2, 0.25) is 0 Å². The second kappa shape index (κ2) is 11.3. The number of aryl methyl sites for hydroxylation is 1. The Morgan fingerprint density at radius 2 is 1.56 bits per heavy atom. The number of hydrogen-bond donors (Lipinski definition) is 2. The van der Waals surface area contributed by atoms with Gasteiger partial charge >= 0.3 is 12.5 Å². The highest BCUT2D eigenvalue weighted by atomic mass is 19.4. The van der Waals surface area contributed by atoms with Crippen molar-refractivity contribution >= 4 is 41.0 Å². The largest absolute Gasteiger partial charge is 0.573 e. The third kappa shape index (κ3) is 8.08. The number of ether oxygens (including phenoxy) is 3. The molecule has 0 aliphatic rings. The molecule has 0 saturated carbocycles. The first-order chi connectivity index (χ1) is 18.7. The van der Waals surface area contributed by atoms with E-state index in [0.29, 0.717) is 18.2 Å². The monoisotopic (exact) mass is 577 g/mol. The minimum absolute atomic E-state index is 0.168. The maximum Gasteiger partial charge on any atom is 0.573 e. The highest BCUT2D eigenvalue weighted by molar-refractivity contribution is 6.58. The molecule has 0 bridgehead atoms. The second-order valence-electron chi connectivity index (χ2n) is 8.21. The van der Waals surface area contributed by atoms with Crippen LogP contribution in [0.4, 0.5) is 36.4 Å². The fourth-order valence-corrected chi connectivity index (χ4v) is 3.21. The van der Waals surface area contributed by atoms with Crippen molar-refractivity contribution in [3.8, 4) is 23.0 Å². The van der Waals surface area contributed by atoms with E-state index in [-0.39, 0.29) is 23.0 Å². The molecule has 3 N–H and O–H groups in total. The number of nitrogens with one attached hydrogen (secondary N) is 1. The summed E-state index contributed by atoms with van der Waals surface area (Å²) in [6.45, 7) is 1.40. The number of nitrogens with two attached hydrogens (primary N) is 1. The summed E-state index contributed by atoms with van der Waals surface area (Å²) in [5.41, 5.74) is 1.71. The summed E-state index contributed by atoms with van der Waals surface area (Å²) < 4.78 is 108. The standard InChI is InChI=1S/C23H13B3F7N3O5/c1-9-8-35-13(19(34)37)7-12(9)36-20(38)17-15(5-3-11(18(17)27)21(28,29)30)39-14-4-2-10(40-23(31,32)33)6-16(14)41-22(24,25)26/h2-8H,1H3,(H2,34,37)(H,35,36,38). The average molecular weight is 577 g/mol. The van der Waals surface area contributed by atoms with Gasteiger partial charge in [0.05, 0.1) is 5.56 Å². The number of benzene rings is 2. The van der Waals surface area contributed by atoms with Crippen molar-refractivity contribution in [2.45, 2.75) is 24.8 Å². The molecular formula is C23H13B3F7N3O5. The van der Waals surface area contributed by atoms with Crippen molar-refractivity contribution in [3.05, 3.63) is 70.8 Å². The van der Waals surface area contributed by atoms with Crippen molar-refractivity contribution < 1.29 is 54.5 Å². The molecule has 208 valence electrons. The second-order valence-corrected chi connectivity index (χ2v) is 8.21. The number of amides is 2. The van der Waals surface area contributed by atoms with E-state index in [1.807, 2.05) is 0 Å². The third-order valence-electron chi connectivity index (χ3n) is 4.90. The van der Waals surface area contributed by atoms with Gasteiger partial charge in [-0.25, -0.2) is 4.39 Å². The van der Waals surface area contributed by atoms with Crippen LogP contribution in [-0.2, 0) is 6.18 Å². The Morgan fingerprint density at radius 3 is 2.12 bits per heavy atom. The number of nitrogens with zero attached hydrogens (tertiary/aromatic N) is 1. The van der Waals surface area contributed by atoms with Gasteiger partial charge in [0.15, 0.2) is 17.3 Å². The lowest BCUT2D eigenvalue weighted by Crippen LogP contribution is -2.37. The summed E-state index contributed by atoms with van der Waals surface area (Å²) in [5, 5.41) is -0.371. The normalized spacial score (nSPS) is 12.0. The topological polar surface area (TPSA) is 113 Å². The molecule has 1 heterocycles. The number of halogens is 7. The number of primary amides is 1. The SMILES string of the molecule is [B]C([B])([B])Oc1cc(OC(F)(F)F)ccc1Oc1ccc(C(F)(F)F)c(F)c1C(=O)Nc1cc(C(N)=O)ncc1C. The smallest absolute Gasteiger partial charge is 0.512 e. The van der Waals surface area contributed by atoms with Gasteiger partial charge in [-0.05, 0) is 48.1 Å². The first kappa shape index (κ1) is 31.2. The zero-order valence-electron chi connectivity index (χ0n) is 20.5. The van der Waals surface area contributed by atoms with E-state index in [4.69, 9.17) is 38.7 Å². The number of rotatable bonds is 8. The molecule has 3 aromatic rings. The van der Waals surface area contributed by atoms with Gasteiger partial charge in [0, 0.05) is 18.0 Å². The minimum Gasteiger partial charge on any atom is -0.512 e.